The zero-order chi connectivity index (χ0) is 24.4. The zero-order valence-electron chi connectivity index (χ0n) is 20.1. The van der Waals surface area contributed by atoms with E-state index < -0.39 is 5.97 Å². The number of hydrogen-bond donors (Lipinski definition) is 1. The molecule has 0 unspecified atom stereocenters. The Bertz CT molecular complexity index is 1240. The summed E-state index contributed by atoms with van der Waals surface area (Å²) in [7, 11) is 0. The van der Waals surface area contributed by atoms with Gasteiger partial charge in [-0.25, -0.2) is 4.79 Å². The van der Waals surface area contributed by atoms with Crippen LogP contribution in [0.1, 0.15) is 64.6 Å². The lowest BCUT2D eigenvalue weighted by Crippen LogP contribution is -2.39. The topological polar surface area (TPSA) is 57.6 Å². The Morgan fingerprint density at radius 1 is 0.943 bits per heavy atom. The van der Waals surface area contributed by atoms with Crippen molar-refractivity contribution in [3.63, 3.8) is 0 Å². The van der Waals surface area contributed by atoms with Crippen molar-refractivity contribution >= 4 is 28.8 Å². The van der Waals surface area contributed by atoms with Crippen molar-refractivity contribution in [1.29, 1.82) is 0 Å². The molecule has 35 heavy (non-hydrogen) atoms. The number of carboxylic acid groups (broad SMARTS) is 1. The van der Waals surface area contributed by atoms with Crippen LogP contribution in [0, 0.1) is 11.8 Å². The summed E-state index contributed by atoms with van der Waals surface area (Å²) in [4.78, 5) is 29.0. The van der Waals surface area contributed by atoms with E-state index in [9.17, 15) is 14.7 Å². The maximum Gasteiger partial charge on any atom is 0.346 e. The van der Waals surface area contributed by atoms with E-state index in [1.54, 1.807) is 0 Å². The average molecular weight is 486 g/mol. The van der Waals surface area contributed by atoms with Gasteiger partial charge in [0.1, 0.15) is 4.88 Å². The van der Waals surface area contributed by atoms with Crippen LogP contribution in [0.2, 0.25) is 0 Å². The third-order valence-corrected chi connectivity index (χ3v) is 8.68. The van der Waals surface area contributed by atoms with Gasteiger partial charge in [-0.1, -0.05) is 68.3 Å². The van der Waals surface area contributed by atoms with E-state index in [1.165, 1.54) is 29.8 Å². The van der Waals surface area contributed by atoms with Crippen LogP contribution in [0.25, 0.3) is 16.0 Å². The van der Waals surface area contributed by atoms with Crippen LogP contribution in [0.5, 0.6) is 0 Å². The fourth-order valence-corrected chi connectivity index (χ4v) is 6.56. The van der Waals surface area contributed by atoms with Crippen molar-refractivity contribution in [1.82, 2.24) is 4.90 Å². The molecule has 5 rings (SSSR count). The molecule has 1 aliphatic carbocycles. The molecule has 1 aliphatic heterocycles. The minimum absolute atomic E-state index is 0.0556. The molecule has 2 aromatic carbocycles. The molecule has 0 radical (unpaired) electrons. The predicted octanol–water partition coefficient (Wildman–Crippen LogP) is 7.24. The molecule has 4 nitrogen and oxygen atoms in total. The number of carbonyl (C=O) groups excluding carboxylic acids is 1. The summed E-state index contributed by atoms with van der Waals surface area (Å²) >= 11 is 1.35. The van der Waals surface area contributed by atoms with E-state index in [1.807, 2.05) is 65.6 Å². The summed E-state index contributed by atoms with van der Waals surface area (Å²) in [6, 6.07) is 21.5. The highest BCUT2D eigenvalue weighted by Gasteiger charge is 2.32. The highest BCUT2D eigenvalue weighted by Crippen LogP contribution is 2.43. The molecular weight excluding hydrogens is 454 g/mol. The molecular formula is C30H31NO3S. The number of rotatable bonds is 5. The lowest BCUT2D eigenvalue weighted by atomic mass is 9.75. The van der Waals surface area contributed by atoms with Gasteiger partial charge in [-0.15, -0.1) is 11.3 Å². The SMILES string of the molecule is CC1CCC(C2=C(c3cc(-c4ccccc4)sc3C(=O)O)CCN(C(=O)c3ccccc3)C2)CC1. The largest absolute Gasteiger partial charge is 0.477 e. The van der Waals surface area contributed by atoms with Crippen molar-refractivity contribution in [3.8, 4) is 10.4 Å². The number of thiophene rings is 1. The minimum atomic E-state index is -0.876. The maximum atomic E-state index is 13.3. The van der Waals surface area contributed by atoms with Crippen molar-refractivity contribution in [2.75, 3.05) is 13.1 Å². The Kier molecular flexibility index (Phi) is 6.87. The van der Waals surface area contributed by atoms with Gasteiger partial charge in [0.15, 0.2) is 0 Å². The summed E-state index contributed by atoms with van der Waals surface area (Å²) in [5, 5.41) is 10.1. The second-order valence-electron chi connectivity index (χ2n) is 9.83. The van der Waals surface area contributed by atoms with E-state index in [2.05, 4.69) is 13.0 Å². The van der Waals surface area contributed by atoms with Crippen molar-refractivity contribution in [3.05, 3.63) is 88.3 Å². The lowest BCUT2D eigenvalue weighted by Gasteiger charge is -2.37. The number of hydrogen-bond acceptors (Lipinski definition) is 3. The molecule has 1 saturated carbocycles. The van der Waals surface area contributed by atoms with Gasteiger partial charge in [0.2, 0.25) is 0 Å². The first kappa shape index (κ1) is 23.6. The quantitative estimate of drug-likeness (QED) is 0.414. The highest BCUT2D eigenvalue weighted by molar-refractivity contribution is 7.17. The van der Waals surface area contributed by atoms with Gasteiger partial charge in [0.25, 0.3) is 5.91 Å². The molecule has 1 amide bonds. The van der Waals surface area contributed by atoms with Crippen LogP contribution in [0.15, 0.2) is 72.3 Å². The third kappa shape index (κ3) is 4.96. The summed E-state index contributed by atoms with van der Waals surface area (Å²) < 4.78 is 0. The standard InChI is InChI=1S/C30H31NO3S/c1-20-12-14-21(15-13-20)26-19-31(29(32)23-10-6-3-7-11-23)17-16-24(26)25-18-27(35-28(25)30(33)34)22-8-4-2-5-9-22/h2-11,18,20-21H,12-17,19H2,1H3,(H,33,34). The van der Waals surface area contributed by atoms with Crippen molar-refractivity contribution in [2.45, 2.75) is 39.0 Å². The molecule has 0 saturated heterocycles. The first-order valence-electron chi connectivity index (χ1n) is 12.5. The molecule has 1 N–H and O–H groups in total. The second kappa shape index (κ2) is 10.2. The van der Waals surface area contributed by atoms with Crippen LogP contribution in [-0.2, 0) is 0 Å². The normalized spacial score (nSPS) is 20.7. The Morgan fingerprint density at radius 3 is 2.26 bits per heavy atom. The van der Waals surface area contributed by atoms with Gasteiger partial charge in [-0.3, -0.25) is 4.79 Å². The first-order valence-corrected chi connectivity index (χ1v) is 13.3. The van der Waals surface area contributed by atoms with E-state index >= 15 is 0 Å². The van der Waals surface area contributed by atoms with E-state index in [0.29, 0.717) is 35.9 Å². The summed E-state index contributed by atoms with van der Waals surface area (Å²) in [6.07, 6.45) is 5.25. The fraction of sp³-hybridized carbons (Fsp3) is 0.333. The lowest BCUT2D eigenvalue weighted by molar-refractivity contribution is 0.0699. The molecule has 5 heteroatoms. The van der Waals surface area contributed by atoms with Gasteiger partial charge in [0.05, 0.1) is 0 Å². The highest BCUT2D eigenvalue weighted by atomic mass is 32.1. The van der Waals surface area contributed by atoms with Crippen molar-refractivity contribution in [2.24, 2.45) is 11.8 Å². The van der Waals surface area contributed by atoms with Crippen LogP contribution in [0.3, 0.4) is 0 Å². The van der Waals surface area contributed by atoms with Crippen LogP contribution in [-0.4, -0.2) is 35.0 Å². The van der Waals surface area contributed by atoms with Gasteiger partial charge < -0.3 is 10.0 Å². The summed E-state index contributed by atoms with van der Waals surface area (Å²) in [5.41, 5.74) is 5.02. The Labute approximate surface area is 210 Å². The Hall–Kier alpha value is -3.18. The molecule has 0 spiro atoms. The molecule has 1 fully saturated rings. The van der Waals surface area contributed by atoms with Crippen LogP contribution < -0.4 is 0 Å². The fourth-order valence-electron chi connectivity index (χ4n) is 5.53. The summed E-state index contributed by atoms with van der Waals surface area (Å²) in [6.45, 7) is 3.49. The van der Waals surface area contributed by atoms with Gasteiger partial charge in [-0.05, 0) is 66.0 Å². The molecule has 0 bridgehead atoms. The number of carboxylic acids is 1. The number of amides is 1. The molecule has 2 aliphatic rings. The Morgan fingerprint density at radius 2 is 1.60 bits per heavy atom. The summed E-state index contributed by atoms with van der Waals surface area (Å²) in [5.74, 6) is 0.301. The van der Waals surface area contributed by atoms with E-state index in [4.69, 9.17) is 0 Å². The van der Waals surface area contributed by atoms with E-state index in [0.717, 1.165) is 40.3 Å². The molecule has 3 aromatic rings. The third-order valence-electron chi connectivity index (χ3n) is 7.51. The van der Waals surface area contributed by atoms with Gasteiger partial charge in [0, 0.05) is 29.1 Å². The molecule has 0 atom stereocenters. The number of nitrogens with zero attached hydrogens (tertiary/aromatic N) is 1. The van der Waals surface area contributed by atoms with Crippen molar-refractivity contribution < 1.29 is 14.7 Å². The van der Waals surface area contributed by atoms with Crippen LogP contribution in [0.4, 0.5) is 0 Å². The maximum absolute atomic E-state index is 13.3. The van der Waals surface area contributed by atoms with Crippen LogP contribution >= 0.6 is 11.3 Å². The Balaban J connectivity index is 1.56. The van der Waals surface area contributed by atoms with Gasteiger partial charge in [-0.2, -0.15) is 0 Å². The monoisotopic (exact) mass is 485 g/mol. The number of aromatic carboxylic acids is 1. The predicted molar refractivity (Wildman–Crippen MR) is 142 cm³/mol. The van der Waals surface area contributed by atoms with E-state index in [-0.39, 0.29) is 5.91 Å². The molecule has 1 aromatic heterocycles. The minimum Gasteiger partial charge on any atom is -0.477 e. The molecule has 2 heterocycles. The second-order valence-corrected chi connectivity index (χ2v) is 10.9. The number of carbonyl (C=O) groups is 2. The first-order chi connectivity index (χ1) is 17.0. The number of benzene rings is 2. The zero-order valence-corrected chi connectivity index (χ0v) is 20.9. The smallest absolute Gasteiger partial charge is 0.346 e. The average Bonchev–Trinajstić information content (AvgIpc) is 3.35. The van der Waals surface area contributed by atoms with Gasteiger partial charge >= 0.3 is 5.97 Å². The molecule has 180 valence electrons.